The smallest absolute Gasteiger partial charge is 0.312 e. The lowest BCUT2D eigenvalue weighted by atomic mass is 9.96. The first-order chi connectivity index (χ1) is 10.1. The van der Waals surface area contributed by atoms with Crippen LogP contribution in [-0.2, 0) is 10.2 Å². The molecule has 0 aliphatic heterocycles. The van der Waals surface area contributed by atoms with Crippen LogP contribution in [0.3, 0.4) is 0 Å². The number of carbonyl (C=O) groups is 2. The summed E-state index contributed by atoms with van der Waals surface area (Å²) < 4.78 is 0. The molecular formula is C16H23N3O2. The minimum atomic E-state index is -0.659. The first kappa shape index (κ1) is 15.4. The first-order valence-corrected chi connectivity index (χ1v) is 7.46. The van der Waals surface area contributed by atoms with Crippen molar-refractivity contribution in [1.82, 2.24) is 10.6 Å². The van der Waals surface area contributed by atoms with Crippen molar-refractivity contribution in [3.63, 3.8) is 0 Å². The van der Waals surface area contributed by atoms with E-state index in [2.05, 4.69) is 22.8 Å². The summed E-state index contributed by atoms with van der Waals surface area (Å²) >= 11 is 0. The van der Waals surface area contributed by atoms with Gasteiger partial charge in [0.25, 0.3) is 0 Å². The van der Waals surface area contributed by atoms with Crippen LogP contribution < -0.4 is 16.4 Å². The number of carbonyl (C=O) groups excluding carboxylic acids is 2. The standard InChI is InChI=1S/C16H23N3O2/c1-2-6-13(19-15(17)21)14(20)18-11-16(9-10-16)12-7-4-3-5-8-12/h3-5,7-8,13H,2,6,9-11H2,1H3,(H,18,20)(H3,17,19,21)/t13-/m0/s1. The highest BCUT2D eigenvalue weighted by atomic mass is 16.2. The number of primary amides is 1. The summed E-state index contributed by atoms with van der Waals surface area (Å²) in [6.45, 7) is 2.58. The van der Waals surface area contributed by atoms with Gasteiger partial charge in [0.15, 0.2) is 0 Å². The quantitative estimate of drug-likeness (QED) is 0.713. The normalized spacial score (nSPS) is 16.8. The predicted molar refractivity (Wildman–Crippen MR) is 81.8 cm³/mol. The Bertz CT molecular complexity index is 498. The van der Waals surface area contributed by atoms with Crippen molar-refractivity contribution in [3.8, 4) is 0 Å². The molecule has 0 aromatic heterocycles. The molecule has 5 heteroatoms. The number of rotatable bonds is 7. The van der Waals surface area contributed by atoms with Gasteiger partial charge in [0.05, 0.1) is 0 Å². The van der Waals surface area contributed by atoms with E-state index in [9.17, 15) is 9.59 Å². The number of nitrogens with one attached hydrogen (secondary N) is 2. The number of hydrogen-bond acceptors (Lipinski definition) is 2. The van der Waals surface area contributed by atoms with E-state index in [1.54, 1.807) is 0 Å². The summed E-state index contributed by atoms with van der Waals surface area (Å²) in [6.07, 6.45) is 3.56. The molecule has 1 saturated carbocycles. The van der Waals surface area contributed by atoms with Gasteiger partial charge in [-0.1, -0.05) is 43.7 Å². The molecule has 0 spiro atoms. The molecule has 5 nitrogen and oxygen atoms in total. The second kappa shape index (κ2) is 6.61. The largest absolute Gasteiger partial charge is 0.353 e. The Balaban J connectivity index is 1.92. The number of nitrogens with two attached hydrogens (primary N) is 1. The van der Waals surface area contributed by atoms with Gasteiger partial charge in [-0.25, -0.2) is 4.79 Å². The Morgan fingerprint density at radius 2 is 1.95 bits per heavy atom. The third-order valence-electron chi connectivity index (χ3n) is 4.05. The van der Waals surface area contributed by atoms with Crippen molar-refractivity contribution in [2.24, 2.45) is 5.73 Å². The summed E-state index contributed by atoms with van der Waals surface area (Å²) in [7, 11) is 0. The Morgan fingerprint density at radius 1 is 1.29 bits per heavy atom. The minimum Gasteiger partial charge on any atom is -0.353 e. The molecule has 114 valence electrons. The second-order valence-corrected chi connectivity index (χ2v) is 5.71. The maximum atomic E-state index is 12.2. The Labute approximate surface area is 125 Å². The van der Waals surface area contributed by atoms with E-state index in [0.717, 1.165) is 19.3 Å². The maximum Gasteiger partial charge on any atom is 0.312 e. The average molecular weight is 289 g/mol. The summed E-state index contributed by atoms with van der Waals surface area (Å²) in [5.74, 6) is -0.155. The van der Waals surface area contributed by atoms with Gasteiger partial charge in [-0.15, -0.1) is 0 Å². The Hall–Kier alpha value is -2.04. The predicted octanol–water partition coefficient (Wildman–Crippen LogP) is 1.67. The van der Waals surface area contributed by atoms with E-state index in [1.807, 2.05) is 25.1 Å². The zero-order valence-corrected chi connectivity index (χ0v) is 12.4. The molecular weight excluding hydrogens is 266 g/mol. The fourth-order valence-corrected chi connectivity index (χ4v) is 2.62. The van der Waals surface area contributed by atoms with Gasteiger partial charge in [0, 0.05) is 12.0 Å². The van der Waals surface area contributed by atoms with E-state index in [4.69, 9.17) is 5.73 Å². The molecule has 0 bridgehead atoms. The molecule has 0 saturated heterocycles. The van der Waals surface area contributed by atoms with Crippen molar-refractivity contribution in [1.29, 1.82) is 0 Å². The maximum absolute atomic E-state index is 12.2. The fraction of sp³-hybridized carbons (Fsp3) is 0.500. The van der Waals surface area contributed by atoms with Crippen molar-refractivity contribution in [2.75, 3.05) is 6.54 Å². The van der Waals surface area contributed by atoms with Crippen molar-refractivity contribution in [3.05, 3.63) is 35.9 Å². The van der Waals surface area contributed by atoms with Crippen LogP contribution in [0.25, 0.3) is 0 Å². The first-order valence-electron chi connectivity index (χ1n) is 7.46. The zero-order valence-electron chi connectivity index (χ0n) is 12.4. The molecule has 1 aliphatic carbocycles. The number of amides is 3. The SMILES string of the molecule is CCC[C@H](NC(N)=O)C(=O)NCC1(c2ccccc2)CC1. The van der Waals surface area contributed by atoms with Gasteiger partial charge in [-0.3, -0.25) is 4.79 Å². The third-order valence-corrected chi connectivity index (χ3v) is 4.05. The van der Waals surface area contributed by atoms with E-state index in [1.165, 1.54) is 5.56 Å². The number of benzene rings is 1. The molecule has 1 atom stereocenters. The van der Waals surface area contributed by atoms with Crippen molar-refractivity contribution < 1.29 is 9.59 Å². The van der Waals surface area contributed by atoms with Crippen molar-refractivity contribution >= 4 is 11.9 Å². The molecule has 1 aromatic rings. The van der Waals surface area contributed by atoms with Crippen LogP contribution in [0.15, 0.2) is 30.3 Å². The van der Waals surface area contributed by atoms with Crippen LogP contribution >= 0.6 is 0 Å². The van der Waals surface area contributed by atoms with Gasteiger partial charge >= 0.3 is 6.03 Å². The molecule has 21 heavy (non-hydrogen) atoms. The van der Waals surface area contributed by atoms with Gasteiger partial charge in [-0.2, -0.15) is 0 Å². The van der Waals surface area contributed by atoms with E-state index in [0.29, 0.717) is 13.0 Å². The van der Waals surface area contributed by atoms with Crippen LogP contribution in [-0.4, -0.2) is 24.5 Å². The zero-order chi connectivity index (χ0) is 15.3. The van der Waals surface area contributed by atoms with Gasteiger partial charge in [0.2, 0.25) is 5.91 Å². The topological polar surface area (TPSA) is 84.2 Å². The molecule has 2 rings (SSSR count). The summed E-state index contributed by atoms with van der Waals surface area (Å²) in [5, 5.41) is 5.47. The number of hydrogen-bond donors (Lipinski definition) is 3. The highest BCUT2D eigenvalue weighted by Crippen LogP contribution is 2.47. The lowest BCUT2D eigenvalue weighted by Crippen LogP contribution is -2.49. The van der Waals surface area contributed by atoms with Gasteiger partial charge in [-0.05, 0) is 24.8 Å². The lowest BCUT2D eigenvalue weighted by molar-refractivity contribution is -0.123. The fourth-order valence-electron chi connectivity index (χ4n) is 2.62. The van der Waals surface area contributed by atoms with Crippen LogP contribution in [0.5, 0.6) is 0 Å². The third kappa shape index (κ3) is 3.97. The second-order valence-electron chi connectivity index (χ2n) is 5.71. The number of urea groups is 1. The molecule has 1 fully saturated rings. The van der Waals surface area contributed by atoms with Crippen LogP contribution in [0.4, 0.5) is 4.79 Å². The highest BCUT2D eigenvalue weighted by Gasteiger charge is 2.44. The Kier molecular flexibility index (Phi) is 4.83. The monoisotopic (exact) mass is 289 g/mol. The van der Waals surface area contributed by atoms with Crippen LogP contribution in [0, 0.1) is 0 Å². The van der Waals surface area contributed by atoms with Crippen molar-refractivity contribution in [2.45, 2.75) is 44.1 Å². The highest BCUT2D eigenvalue weighted by molar-refractivity contribution is 5.86. The Morgan fingerprint density at radius 3 is 2.48 bits per heavy atom. The van der Waals surface area contributed by atoms with E-state index in [-0.39, 0.29) is 11.3 Å². The minimum absolute atomic E-state index is 0.0698. The molecule has 0 radical (unpaired) electrons. The van der Waals surface area contributed by atoms with Crippen LogP contribution in [0.2, 0.25) is 0 Å². The molecule has 1 aliphatic rings. The lowest BCUT2D eigenvalue weighted by Gasteiger charge is -2.20. The molecule has 0 unspecified atom stereocenters. The summed E-state index contributed by atoms with van der Waals surface area (Å²) in [6, 6.07) is 9.03. The molecule has 0 heterocycles. The summed E-state index contributed by atoms with van der Waals surface area (Å²) in [4.78, 5) is 23.1. The van der Waals surface area contributed by atoms with Gasteiger partial charge in [0.1, 0.15) is 6.04 Å². The molecule has 1 aromatic carbocycles. The summed E-state index contributed by atoms with van der Waals surface area (Å²) in [5.41, 5.74) is 6.45. The van der Waals surface area contributed by atoms with E-state index >= 15 is 0 Å². The van der Waals surface area contributed by atoms with Crippen LogP contribution in [0.1, 0.15) is 38.2 Å². The molecule has 3 amide bonds. The average Bonchev–Trinajstić information content (AvgIpc) is 3.26. The molecule has 4 N–H and O–H groups in total. The van der Waals surface area contributed by atoms with Gasteiger partial charge < -0.3 is 16.4 Å². The van der Waals surface area contributed by atoms with E-state index < -0.39 is 12.1 Å².